The van der Waals surface area contributed by atoms with Crippen LogP contribution in [0.25, 0.3) is 0 Å². The van der Waals surface area contributed by atoms with Gasteiger partial charge in [-0.15, -0.1) is 11.3 Å². The Labute approximate surface area is 176 Å². The van der Waals surface area contributed by atoms with Crippen LogP contribution in [0.15, 0.2) is 46.7 Å². The molecule has 2 heterocycles. The van der Waals surface area contributed by atoms with E-state index in [9.17, 15) is 31.2 Å². The fraction of sp³-hybridized carbons (Fsp3) is 0.368. The van der Waals surface area contributed by atoms with Gasteiger partial charge in [-0.05, 0) is 35.7 Å². The molecule has 162 valence electrons. The summed E-state index contributed by atoms with van der Waals surface area (Å²) in [4.78, 5) is 26.2. The van der Waals surface area contributed by atoms with Gasteiger partial charge in [0.25, 0.3) is 0 Å². The van der Waals surface area contributed by atoms with Gasteiger partial charge in [0.15, 0.2) is 5.78 Å². The number of hydrogen-bond acceptors (Lipinski definition) is 5. The number of piperazine rings is 1. The van der Waals surface area contributed by atoms with Crippen molar-refractivity contribution in [1.82, 2.24) is 9.21 Å². The molecule has 0 bridgehead atoms. The van der Waals surface area contributed by atoms with E-state index in [0.29, 0.717) is 4.88 Å². The Morgan fingerprint density at radius 3 is 2.13 bits per heavy atom. The smallest absolute Gasteiger partial charge is 0.340 e. The molecule has 1 amide bonds. The lowest BCUT2D eigenvalue weighted by Gasteiger charge is -2.34. The third-order valence-corrected chi connectivity index (χ3v) is 7.60. The van der Waals surface area contributed by atoms with Crippen LogP contribution in [-0.2, 0) is 21.0 Å². The normalized spacial score (nSPS) is 15.9. The minimum absolute atomic E-state index is 0.0357. The lowest BCUT2D eigenvalue weighted by molar-refractivity contribution is -0.137. The Balaban J connectivity index is 1.55. The van der Waals surface area contributed by atoms with Gasteiger partial charge in [-0.3, -0.25) is 9.59 Å². The monoisotopic (exact) mass is 460 g/mol. The Morgan fingerprint density at radius 2 is 1.60 bits per heavy atom. The molecule has 2 aromatic rings. The Bertz CT molecular complexity index is 995. The fourth-order valence-electron chi connectivity index (χ4n) is 3.08. The molecule has 3 rings (SSSR count). The van der Waals surface area contributed by atoms with Crippen LogP contribution in [-0.4, -0.2) is 55.5 Å². The standard InChI is InChI=1S/C19H19F3N2O4S2/c20-19(21,22)14-3-5-15(6-4-14)30(27,28)24-11-9-23(10-12-24)18(26)8-7-16(25)17-2-1-13-29-17/h1-6,13H,7-12H2. The van der Waals surface area contributed by atoms with E-state index in [1.807, 2.05) is 0 Å². The summed E-state index contributed by atoms with van der Waals surface area (Å²) in [6.45, 7) is 0.389. The van der Waals surface area contributed by atoms with Gasteiger partial charge >= 0.3 is 6.18 Å². The first kappa shape index (κ1) is 22.4. The molecule has 0 saturated carbocycles. The van der Waals surface area contributed by atoms with Gasteiger partial charge in [-0.25, -0.2) is 8.42 Å². The average molecular weight is 460 g/mol. The number of nitrogens with zero attached hydrogens (tertiary/aromatic N) is 2. The maximum absolute atomic E-state index is 12.7. The number of halogens is 3. The van der Waals surface area contributed by atoms with E-state index in [2.05, 4.69) is 0 Å². The van der Waals surface area contributed by atoms with Crippen molar-refractivity contribution >= 4 is 33.1 Å². The first-order valence-electron chi connectivity index (χ1n) is 9.11. The van der Waals surface area contributed by atoms with Gasteiger partial charge in [0.1, 0.15) is 0 Å². The second-order valence-electron chi connectivity index (χ2n) is 6.71. The van der Waals surface area contributed by atoms with E-state index < -0.39 is 21.8 Å². The topological polar surface area (TPSA) is 74.8 Å². The quantitative estimate of drug-likeness (QED) is 0.621. The summed E-state index contributed by atoms with van der Waals surface area (Å²) in [5.74, 6) is -0.339. The highest BCUT2D eigenvalue weighted by Gasteiger charge is 2.33. The number of Topliss-reactive ketones (excluding diaryl/α,β-unsaturated/α-hetero) is 1. The molecule has 1 aromatic heterocycles. The summed E-state index contributed by atoms with van der Waals surface area (Å²) in [7, 11) is -3.95. The minimum Gasteiger partial charge on any atom is -0.340 e. The van der Waals surface area contributed by atoms with Gasteiger partial charge in [-0.1, -0.05) is 6.07 Å². The predicted octanol–water partition coefficient (Wildman–Crippen LogP) is 3.26. The van der Waals surface area contributed by atoms with Crippen LogP contribution >= 0.6 is 11.3 Å². The molecule has 0 aliphatic carbocycles. The molecule has 11 heteroatoms. The molecule has 1 aliphatic rings. The van der Waals surface area contributed by atoms with E-state index in [1.165, 1.54) is 16.2 Å². The number of alkyl halides is 3. The summed E-state index contributed by atoms with van der Waals surface area (Å²) in [6, 6.07) is 6.80. The van der Waals surface area contributed by atoms with Crippen molar-refractivity contribution in [3.05, 3.63) is 52.2 Å². The van der Waals surface area contributed by atoms with Gasteiger partial charge in [0, 0.05) is 39.0 Å². The van der Waals surface area contributed by atoms with Crippen molar-refractivity contribution in [2.75, 3.05) is 26.2 Å². The fourth-order valence-corrected chi connectivity index (χ4v) is 5.20. The third kappa shape index (κ3) is 5.08. The SMILES string of the molecule is O=C(CCC(=O)N1CCN(S(=O)(=O)c2ccc(C(F)(F)F)cc2)CC1)c1cccs1. The Kier molecular flexibility index (Phi) is 6.63. The zero-order valence-electron chi connectivity index (χ0n) is 15.8. The van der Waals surface area contributed by atoms with Gasteiger partial charge < -0.3 is 4.90 Å². The molecule has 1 fully saturated rings. The first-order valence-corrected chi connectivity index (χ1v) is 11.4. The molecule has 1 saturated heterocycles. The first-order chi connectivity index (χ1) is 14.1. The highest BCUT2D eigenvalue weighted by atomic mass is 32.2. The molecule has 1 aliphatic heterocycles. The molecule has 6 nitrogen and oxygen atoms in total. The Hall–Kier alpha value is -2.24. The van der Waals surface area contributed by atoms with Gasteiger partial charge in [-0.2, -0.15) is 17.5 Å². The van der Waals surface area contributed by atoms with Crippen LogP contribution in [0.4, 0.5) is 13.2 Å². The van der Waals surface area contributed by atoms with Crippen LogP contribution in [0.3, 0.4) is 0 Å². The molecule has 0 unspecified atom stereocenters. The average Bonchev–Trinajstić information content (AvgIpc) is 3.26. The van der Waals surface area contributed by atoms with Crippen LogP contribution in [0, 0.1) is 0 Å². The largest absolute Gasteiger partial charge is 0.416 e. The van der Waals surface area contributed by atoms with Crippen LogP contribution in [0.5, 0.6) is 0 Å². The van der Waals surface area contributed by atoms with Gasteiger partial charge in [0.05, 0.1) is 15.3 Å². The highest BCUT2D eigenvalue weighted by molar-refractivity contribution is 7.89. The van der Waals surface area contributed by atoms with Crippen molar-refractivity contribution < 1.29 is 31.2 Å². The van der Waals surface area contributed by atoms with Crippen molar-refractivity contribution in [1.29, 1.82) is 0 Å². The zero-order valence-corrected chi connectivity index (χ0v) is 17.4. The van der Waals surface area contributed by atoms with Crippen molar-refractivity contribution in [3.8, 4) is 0 Å². The minimum atomic E-state index is -4.54. The summed E-state index contributed by atoms with van der Waals surface area (Å²) in [5.41, 5.74) is -0.922. The molecule has 1 aromatic carbocycles. The van der Waals surface area contributed by atoms with Crippen LogP contribution in [0.1, 0.15) is 28.1 Å². The number of hydrogen-bond donors (Lipinski definition) is 0. The number of ketones is 1. The number of sulfonamides is 1. The number of carbonyl (C=O) groups excluding carboxylic acids is 2. The molecular weight excluding hydrogens is 441 g/mol. The lowest BCUT2D eigenvalue weighted by atomic mass is 10.1. The molecule has 30 heavy (non-hydrogen) atoms. The third-order valence-electron chi connectivity index (χ3n) is 4.77. The second-order valence-corrected chi connectivity index (χ2v) is 9.59. The molecule has 0 atom stereocenters. The molecule has 0 radical (unpaired) electrons. The summed E-state index contributed by atoms with van der Waals surface area (Å²) in [6.07, 6.45) is -4.41. The number of benzene rings is 1. The summed E-state index contributed by atoms with van der Waals surface area (Å²) < 4.78 is 64.5. The lowest BCUT2D eigenvalue weighted by Crippen LogP contribution is -2.50. The highest BCUT2D eigenvalue weighted by Crippen LogP contribution is 2.30. The molecular formula is C19H19F3N2O4S2. The predicted molar refractivity (Wildman–Crippen MR) is 105 cm³/mol. The maximum Gasteiger partial charge on any atom is 0.416 e. The van der Waals surface area contributed by atoms with Crippen LogP contribution < -0.4 is 0 Å². The summed E-state index contributed by atoms with van der Waals surface area (Å²) >= 11 is 1.31. The van der Waals surface area contributed by atoms with Gasteiger partial charge in [0.2, 0.25) is 15.9 Å². The number of thiophene rings is 1. The van der Waals surface area contributed by atoms with Crippen molar-refractivity contribution in [2.45, 2.75) is 23.9 Å². The van der Waals surface area contributed by atoms with Crippen molar-refractivity contribution in [2.24, 2.45) is 0 Å². The second kappa shape index (κ2) is 8.86. The number of carbonyl (C=O) groups is 2. The maximum atomic E-state index is 12.7. The zero-order chi connectivity index (χ0) is 21.9. The summed E-state index contributed by atoms with van der Waals surface area (Å²) in [5, 5.41) is 1.78. The van der Waals surface area contributed by atoms with E-state index in [4.69, 9.17) is 0 Å². The van der Waals surface area contributed by atoms with Crippen LogP contribution in [0.2, 0.25) is 0 Å². The van der Waals surface area contributed by atoms with E-state index in [1.54, 1.807) is 17.5 Å². The number of amides is 1. The molecule has 0 N–H and O–H groups in total. The van der Waals surface area contributed by atoms with E-state index in [0.717, 1.165) is 28.6 Å². The number of rotatable bonds is 6. The van der Waals surface area contributed by atoms with E-state index >= 15 is 0 Å². The van der Waals surface area contributed by atoms with Crippen molar-refractivity contribution in [3.63, 3.8) is 0 Å². The van der Waals surface area contributed by atoms with E-state index in [-0.39, 0.29) is 55.6 Å². The Morgan fingerprint density at radius 1 is 0.967 bits per heavy atom. The molecule has 0 spiro atoms.